The number of carboxylic acids is 1. The standard InChI is InChI=1S/C17H16F2O2/c1-11-5-2-3-6-12(11)9-13(17(20)21)10-14-15(18)7-4-8-16(14)19/h2-8,13H,9-10H2,1H3,(H,20,21). The monoisotopic (exact) mass is 290 g/mol. The summed E-state index contributed by atoms with van der Waals surface area (Å²) in [6.07, 6.45) is 0.0813. The summed E-state index contributed by atoms with van der Waals surface area (Å²) < 4.78 is 27.3. The van der Waals surface area contributed by atoms with Gasteiger partial charge in [-0.05, 0) is 43.0 Å². The van der Waals surface area contributed by atoms with Crippen LogP contribution in [0.1, 0.15) is 16.7 Å². The summed E-state index contributed by atoms with van der Waals surface area (Å²) in [4.78, 5) is 11.4. The van der Waals surface area contributed by atoms with Gasteiger partial charge in [0.25, 0.3) is 0 Å². The van der Waals surface area contributed by atoms with E-state index in [-0.39, 0.29) is 18.4 Å². The van der Waals surface area contributed by atoms with Crippen molar-refractivity contribution in [3.8, 4) is 0 Å². The number of aryl methyl sites for hydroxylation is 1. The maximum Gasteiger partial charge on any atom is 0.307 e. The van der Waals surface area contributed by atoms with E-state index in [2.05, 4.69) is 0 Å². The van der Waals surface area contributed by atoms with Gasteiger partial charge in [0.15, 0.2) is 0 Å². The van der Waals surface area contributed by atoms with Crippen molar-refractivity contribution in [2.45, 2.75) is 19.8 Å². The molecule has 2 aromatic carbocycles. The first kappa shape index (κ1) is 15.2. The summed E-state index contributed by atoms with van der Waals surface area (Å²) in [5.41, 5.74) is 1.68. The van der Waals surface area contributed by atoms with Gasteiger partial charge in [-0.3, -0.25) is 4.79 Å². The molecule has 0 aliphatic rings. The molecule has 0 saturated carbocycles. The molecule has 0 amide bonds. The van der Waals surface area contributed by atoms with Crippen LogP contribution in [-0.2, 0) is 17.6 Å². The third kappa shape index (κ3) is 3.66. The Kier molecular flexibility index (Phi) is 4.68. The molecule has 0 aromatic heterocycles. The molecule has 110 valence electrons. The van der Waals surface area contributed by atoms with Crippen LogP contribution in [0, 0.1) is 24.5 Å². The molecule has 1 atom stereocenters. The smallest absolute Gasteiger partial charge is 0.307 e. The van der Waals surface area contributed by atoms with Crippen LogP contribution in [0.4, 0.5) is 8.78 Å². The first-order chi connectivity index (χ1) is 9.99. The van der Waals surface area contributed by atoms with Crippen molar-refractivity contribution in [2.24, 2.45) is 5.92 Å². The van der Waals surface area contributed by atoms with E-state index in [0.29, 0.717) is 0 Å². The van der Waals surface area contributed by atoms with E-state index < -0.39 is 23.5 Å². The molecule has 0 fully saturated rings. The zero-order valence-corrected chi connectivity index (χ0v) is 11.6. The van der Waals surface area contributed by atoms with E-state index in [1.807, 2.05) is 31.2 Å². The summed E-state index contributed by atoms with van der Waals surface area (Å²) in [5.74, 6) is -3.32. The van der Waals surface area contributed by atoms with E-state index in [1.54, 1.807) is 0 Å². The number of hydrogen-bond donors (Lipinski definition) is 1. The predicted molar refractivity (Wildman–Crippen MR) is 76.1 cm³/mol. The van der Waals surface area contributed by atoms with Crippen LogP contribution in [-0.4, -0.2) is 11.1 Å². The van der Waals surface area contributed by atoms with E-state index in [4.69, 9.17) is 0 Å². The minimum Gasteiger partial charge on any atom is -0.481 e. The lowest BCUT2D eigenvalue weighted by Crippen LogP contribution is -2.20. The number of rotatable bonds is 5. The molecule has 0 aliphatic heterocycles. The van der Waals surface area contributed by atoms with Crippen LogP contribution in [0.15, 0.2) is 42.5 Å². The fraction of sp³-hybridized carbons (Fsp3) is 0.235. The molecule has 0 radical (unpaired) electrons. The van der Waals surface area contributed by atoms with Crippen molar-refractivity contribution in [1.82, 2.24) is 0 Å². The van der Waals surface area contributed by atoms with E-state index >= 15 is 0 Å². The van der Waals surface area contributed by atoms with Crippen molar-refractivity contribution >= 4 is 5.97 Å². The molecule has 0 saturated heterocycles. The minimum atomic E-state index is -1.05. The number of carbonyl (C=O) groups is 1. The number of hydrogen-bond acceptors (Lipinski definition) is 1. The molecule has 0 aliphatic carbocycles. The summed E-state index contributed by atoms with van der Waals surface area (Å²) in [5, 5.41) is 9.32. The van der Waals surface area contributed by atoms with Gasteiger partial charge >= 0.3 is 5.97 Å². The highest BCUT2D eigenvalue weighted by Crippen LogP contribution is 2.21. The molecule has 1 unspecified atom stereocenters. The Hall–Kier alpha value is -2.23. The Morgan fingerprint density at radius 2 is 1.67 bits per heavy atom. The van der Waals surface area contributed by atoms with Crippen molar-refractivity contribution < 1.29 is 18.7 Å². The van der Waals surface area contributed by atoms with Crippen LogP contribution in [0.2, 0.25) is 0 Å². The number of benzene rings is 2. The first-order valence-electron chi connectivity index (χ1n) is 6.69. The molecule has 1 N–H and O–H groups in total. The van der Waals surface area contributed by atoms with Gasteiger partial charge < -0.3 is 5.11 Å². The molecule has 2 nitrogen and oxygen atoms in total. The zero-order valence-electron chi connectivity index (χ0n) is 11.6. The summed E-state index contributed by atoms with van der Waals surface area (Å²) in [7, 11) is 0. The summed E-state index contributed by atoms with van der Waals surface area (Å²) in [6, 6.07) is 11.0. The Balaban J connectivity index is 2.25. The van der Waals surface area contributed by atoms with Gasteiger partial charge in [-0.2, -0.15) is 0 Å². The van der Waals surface area contributed by atoms with Gasteiger partial charge in [-0.1, -0.05) is 30.3 Å². The molecule has 0 heterocycles. The predicted octanol–water partition coefficient (Wildman–Crippen LogP) is 3.76. The van der Waals surface area contributed by atoms with E-state index in [0.717, 1.165) is 23.3 Å². The summed E-state index contributed by atoms with van der Waals surface area (Å²) in [6.45, 7) is 1.89. The average Bonchev–Trinajstić information content (AvgIpc) is 2.43. The second-order valence-corrected chi connectivity index (χ2v) is 5.07. The molecule has 0 spiro atoms. The average molecular weight is 290 g/mol. The van der Waals surface area contributed by atoms with Crippen LogP contribution in [0.25, 0.3) is 0 Å². The lowest BCUT2D eigenvalue weighted by molar-refractivity contribution is -0.141. The second-order valence-electron chi connectivity index (χ2n) is 5.07. The van der Waals surface area contributed by atoms with E-state index in [1.165, 1.54) is 6.07 Å². The lowest BCUT2D eigenvalue weighted by atomic mass is 9.90. The SMILES string of the molecule is Cc1ccccc1CC(Cc1c(F)cccc1F)C(=O)O. The molecule has 4 heteroatoms. The molecular weight excluding hydrogens is 274 g/mol. The minimum absolute atomic E-state index is 0.165. The summed E-state index contributed by atoms with van der Waals surface area (Å²) >= 11 is 0. The number of aliphatic carboxylic acids is 1. The molecule has 2 rings (SSSR count). The van der Waals surface area contributed by atoms with Gasteiger partial charge in [0.05, 0.1) is 5.92 Å². The van der Waals surface area contributed by atoms with Crippen LogP contribution < -0.4 is 0 Å². The zero-order chi connectivity index (χ0) is 15.4. The normalized spacial score (nSPS) is 12.1. The van der Waals surface area contributed by atoms with Gasteiger partial charge in [-0.15, -0.1) is 0 Å². The molecular formula is C17H16F2O2. The maximum absolute atomic E-state index is 13.7. The molecule has 0 bridgehead atoms. The third-order valence-corrected chi connectivity index (χ3v) is 3.59. The largest absolute Gasteiger partial charge is 0.481 e. The molecule has 21 heavy (non-hydrogen) atoms. The highest BCUT2D eigenvalue weighted by atomic mass is 19.1. The van der Waals surface area contributed by atoms with Gasteiger partial charge in [0.2, 0.25) is 0 Å². The van der Waals surface area contributed by atoms with Crippen LogP contribution in [0.5, 0.6) is 0 Å². The van der Waals surface area contributed by atoms with Crippen molar-refractivity contribution in [1.29, 1.82) is 0 Å². The van der Waals surface area contributed by atoms with Crippen molar-refractivity contribution in [2.75, 3.05) is 0 Å². The van der Waals surface area contributed by atoms with Gasteiger partial charge in [0, 0.05) is 5.56 Å². The number of carboxylic acid groups (broad SMARTS) is 1. The Morgan fingerprint density at radius 3 is 2.24 bits per heavy atom. The fourth-order valence-corrected chi connectivity index (χ4v) is 2.33. The topological polar surface area (TPSA) is 37.3 Å². The Morgan fingerprint density at radius 1 is 1.05 bits per heavy atom. The Labute approximate surface area is 122 Å². The fourth-order valence-electron chi connectivity index (χ4n) is 2.33. The van der Waals surface area contributed by atoms with Crippen LogP contribution in [0.3, 0.4) is 0 Å². The Bertz CT molecular complexity index is 633. The quantitative estimate of drug-likeness (QED) is 0.910. The maximum atomic E-state index is 13.7. The van der Waals surface area contributed by atoms with Crippen molar-refractivity contribution in [3.05, 3.63) is 70.8 Å². The second kappa shape index (κ2) is 6.48. The number of halogens is 2. The lowest BCUT2D eigenvalue weighted by Gasteiger charge is -2.15. The first-order valence-corrected chi connectivity index (χ1v) is 6.69. The highest BCUT2D eigenvalue weighted by Gasteiger charge is 2.22. The van der Waals surface area contributed by atoms with Crippen LogP contribution >= 0.6 is 0 Å². The van der Waals surface area contributed by atoms with E-state index in [9.17, 15) is 18.7 Å². The van der Waals surface area contributed by atoms with Gasteiger partial charge in [0.1, 0.15) is 11.6 Å². The molecule has 2 aromatic rings. The van der Waals surface area contributed by atoms with Crippen molar-refractivity contribution in [3.63, 3.8) is 0 Å². The highest BCUT2D eigenvalue weighted by molar-refractivity contribution is 5.71. The third-order valence-electron chi connectivity index (χ3n) is 3.59. The van der Waals surface area contributed by atoms with Gasteiger partial charge in [-0.25, -0.2) is 8.78 Å².